The Kier molecular flexibility index (Phi) is 7.24. The van der Waals surface area contributed by atoms with E-state index < -0.39 is 0 Å². The molecule has 0 bridgehead atoms. The van der Waals surface area contributed by atoms with E-state index in [0.717, 1.165) is 10.9 Å². The van der Waals surface area contributed by atoms with Crippen LogP contribution in [-0.2, 0) is 4.74 Å². The Morgan fingerprint density at radius 2 is 1.51 bits per heavy atom. The topological polar surface area (TPSA) is 90.4 Å². The molecule has 1 saturated heterocycles. The van der Waals surface area contributed by atoms with Crippen LogP contribution in [-0.4, -0.2) is 80.9 Å². The summed E-state index contributed by atoms with van der Waals surface area (Å²) in [6, 6.07) is 13.0. The zero-order valence-corrected chi connectivity index (χ0v) is 20.4. The maximum Gasteiger partial charge on any atom is 0.409 e. The van der Waals surface area contributed by atoms with Crippen molar-refractivity contribution in [3.05, 3.63) is 48.0 Å². The molecule has 0 unspecified atom stereocenters. The normalized spacial score (nSPS) is 13.5. The molecule has 0 radical (unpaired) electrons. The molecule has 9 heteroatoms. The summed E-state index contributed by atoms with van der Waals surface area (Å²) in [5.41, 5.74) is 2.58. The van der Waals surface area contributed by atoms with Crippen LogP contribution in [0, 0.1) is 0 Å². The Balaban J connectivity index is 1.71. The number of hydrogen-bond donors (Lipinski definition) is 0. The summed E-state index contributed by atoms with van der Waals surface area (Å²) in [7, 11) is 4.66. The molecular formula is C26H29N3O6. The van der Waals surface area contributed by atoms with Gasteiger partial charge >= 0.3 is 6.09 Å². The van der Waals surface area contributed by atoms with Crippen LogP contribution in [0.25, 0.3) is 22.2 Å². The number of piperazine rings is 1. The molecule has 35 heavy (non-hydrogen) atoms. The summed E-state index contributed by atoms with van der Waals surface area (Å²) in [5.74, 6) is 1.37. The molecule has 1 aliphatic heterocycles. The second-order valence-corrected chi connectivity index (χ2v) is 7.96. The number of fused-ring (bicyclic) bond motifs is 1. The molecule has 184 valence electrons. The molecule has 1 aliphatic rings. The lowest BCUT2D eigenvalue weighted by Crippen LogP contribution is -2.50. The van der Waals surface area contributed by atoms with E-state index in [1.54, 1.807) is 44.1 Å². The van der Waals surface area contributed by atoms with E-state index in [-0.39, 0.29) is 12.0 Å². The number of amides is 2. The van der Waals surface area contributed by atoms with Gasteiger partial charge < -0.3 is 28.7 Å². The molecule has 0 atom stereocenters. The number of pyridine rings is 1. The van der Waals surface area contributed by atoms with Crippen LogP contribution in [0.3, 0.4) is 0 Å². The van der Waals surface area contributed by atoms with Gasteiger partial charge in [0, 0.05) is 37.1 Å². The van der Waals surface area contributed by atoms with Gasteiger partial charge in [-0.2, -0.15) is 0 Å². The standard InChI is InChI=1S/C26H29N3O6/c1-5-35-26(31)29-12-10-28(11-13-29)25(30)19-16-21(27-20-9-7-6-8-18(19)20)17-14-22(32-2)24(34-4)23(15-17)33-3/h6-9,14-16H,5,10-13H2,1-4H3. The molecule has 0 saturated carbocycles. The Morgan fingerprint density at radius 1 is 0.886 bits per heavy atom. The molecule has 0 N–H and O–H groups in total. The Morgan fingerprint density at radius 3 is 2.11 bits per heavy atom. The van der Waals surface area contributed by atoms with Gasteiger partial charge in [-0.05, 0) is 31.2 Å². The number of rotatable bonds is 6. The van der Waals surface area contributed by atoms with E-state index in [0.29, 0.717) is 66.8 Å². The summed E-state index contributed by atoms with van der Waals surface area (Å²) >= 11 is 0. The fourth-order valence-corrected chi connectivity index (χ4v) is 4.21. The number of methoxy groups -OCH3 is 3. The Hall–Kier alpha value is -4.01. The number of benzene rings is 2. The fourth-order valence-electron chi connectivity index (χ4n) is 4.21. The highest BCUT2D eigenvalue weighted by Gasteiger charge is 2.27. The lowest BCUT2D eigenvalue weighted by molar-refractivity contribution is 0.0572. The summed E-state index contributed by atoms with van der Waals surface area (Å²) < 4.78 is 21.5. The minimum Gasteiger partial charge on any atom is -0.493 e. The van der Waals surface area contributed by atoms with Crippen molar-refractivity contribution in [3.8, 4) is 28.5 Å². The first-order chi connectivity index (χ1) is 17.0. The molecule has 0 spiro atoms. The predicted octanol–water partition coefficient (Wildman–Crippen LogP) is 3.84. The molecule has 2 aromatic carbocycles. The number of ether oxygens (including phenoxy) is 4. The van der Waals surface area contributed by atoms with Crippen LogP contribution >= 0.6 is 0 Å². The molecule has 3 aromatic rings. The smallest absolute Gasteiger partial charge is 0.409 e. The lowest BCUT2D eigenvalue weighted by atomic mass is 10.0. The zero-order valence-electron chi connectivity index (χ0n) is 20.4. The monoisotopic (exact) mass is 479 g/mol. The maximum atomic E-state index is 13.6. The molecule has 2 heterocycles. The van der Waals surface area contributed by atoms with Gasteiger partial charge in [0.05, 0.1) is 44.7 Å². The summed E-state index contributed by atoms with van der Waals surface area (Å²) in [5, 5.41) is 0.765. The van der Waals surface area contributed by atoms with Crippen molar-refractivity contribution in [3.63, 3.8) is 0 Å². The van der Waals surface area contributed by atoms with Crippen molar-refractivity contribution in [2.75, 3.05) is 54.1 Å². The molecule has 1 aromatic heterocycles. The number of nitrogens with zero attached hydrogens (tertiary/aromatic N) is 3. The highest BCUT2D eigenvalue weighted by atomic mass is 16.6. The van der Waals surface area contributed by atoms with Crippen molar-refractivity contribution >= 4 is 22.9 Å². The molecular weight excluding hydrogens is 450 g/mol. The van der Waals surface area contributed by atoms with Crippen LogP contribution in [0.1, 0.15) is 17.3 Å². The van der Waals surface area contributed by atoms with Gasteiger partial charge in [0.1, 0.15) is 0 Å². The minimum atomic E-state index is -0.348. The van der Waals surface area contributed by atoms with Gasteiger partial charge in [-0.25, -0.2) is 9.78 Å². The van der Waals surface area contributed by atoms with E-state index in [1.807, 2.05) is 36.4 Å². The number of carbonyl (C=O) groups is 2. The predicted molar refractivity (Wildman–Crippen MR) is 131 cm³/mol. The fraction of sp³-hybridized carbons (Fsp3) is 0.346. The number of hydrogen-bond acceptors (Lipinski definition) is 7. The first-order valence-corrected chi connectivity index (χ1v) is 11.4. The van der Waals surface area contributed by atoms with Crippen LogP contribution in [0.4, 0.5) is 4.79 Å². The summed E-state index contributed by atoms with van der Waals surface area (Å²) in [4.78, 5) is 33.9. The third-order valence-electron chi connectivity index (χ3n) is 6.00. The van der Waals surface area contributed by atoms with Crippen LogP contribution in [0.15, 0.2) is 42.5 Å². The third kappa shape index (κ3) is 4.80. The number of aromatic nitrogens is 1. The molecule has 0 aliphatic carbocycles. The van der Waals surface area contributed by atoms with Crippen LogP contribution < -0.4 is 14.2 Å². The van der Waals surface area contributed by atoms with Gasteiger partial charge in [-0.15, -0.1) is 0 Å². The van der Waals surface area contributed by atoms with Gasteiger partial charge in [-0.1, -0.05) is 18.2 Å². The largest absolute Gasteiger partial charge is 0.493 e. The average Bonchev–Trinajstić information content (AvgIpc) is 2.91. The first-order valence-electron chi connectivity index (χ1n) is 11.4. The van der Waals surface area contributed by atoms with Crippen LogP contribution in [0.2, 0.25) is 0 Å². The van der Waals surface area contributed by atoms with Crippen LogP contribution in [0.5, 0.6) is 17.2 Å². The lowest BCUT2D eigenvalue weighted by Gasteiger charge is -2.34. The second kappa shape index (κ2) is 10.5. The van der Waals surface area contributed by atoms with Crippen molar-refractivity contribution in [1.29, 1.82) is 0 Å². The first kappa shape index (κ1) is 24.1. The summed E-state index contributed by atoms with van der Waals surface area (Å²) in [6.07, 6.45) is -0.348. The van der Waals surface area contributed by atoms with E-state index in [9.17, 15) is 9.59 Å². The quantitative estimate of drug-likeness (QED) is 0.531. The van der Waals surface area contributed by atoms with Gasteiger partial charge in [0.25, 0.3) is 5.91 Å². The highest BCUT2D eigenvalue weighted by molar-refractivity contribution is 6.07. The minimum absolute atomic E-state index is 0.110. The highest BCUT2D eigenvalue weighted by Crippen LogP contribution is 2.41. The number of para-hydroxylation sites is 1. The van der Waals surface area contributed by atoms with E-state index in [1.165, 1.54) is 0 Å². The Bertz CT molecular complexity index is 1210. The zero-order chi connectivity index (χ0) is 24.9. The molecule has 9 nitrogen and oxygen atoms in total. The van der Waals surface area contributed by atoms with Crippen molar-refractivity contribution in [1.82, 2.24) is 14.8 Å². The maximum absolute atomic E-state index is 13.6. The molecule has 1 fully saturated rings. The second-order valence-electron chi connectivity index (χ2n) is 7.96. The third-order valence-corrected chi connectivity index (χ3v) is 6.00. The van der Waals surface area contributed by atoms with E-state index in [2.05, 4.69) is 0 Å². The van der Waals surface area contributed by atoms with Gasteiger partial charge in [-0.3, -0.25) is 4.79 Å². The van der Waals surface area contributed by atoms with E-state index >= 15 is 0 Å². The van der Waals surface area contributed by atoms with Gasteiger partial charge in [0.2, 0.25) is 5.75 Å². The molecule has 2 amide bonds. The van der Waals surface area contributed by atoms with Crippen molar-refractivity contribution in [2.24, 2.45) is 0 Å². The SMILES string of the molecule is CCOC(=O)N1CCN(C(=O)c2cc(-c3cc(OC)c(OC)c(OC)c3)nc3ccccc23)CC1. The van der Waals surface area contributed by atoms with Gasteiger partial charge in [0.15, 0.2) is 11.5 Å². The van der Waals surface area contributed by atoms with Crippen molar-refractivity contribution in [2.45, 2.75) is 6.92 Å². The Labute approximate surface area is 204 Å². The number of carbonyl (C=O) groups excluding carboxylic acids is 2. The average molecular weight is 480 g/mol. The molecule has 4 rings (SSSR count). The van der Waals surface area contributed by atoms with Crippen molar-refractivity contribution < 1.29 is 28.5 Å². The summed E-state index contributed by atoms with van der Waals surface area (Å²) in [6.45, 7) is 3.80. The van der Waals surface area contributed by atoms with E-state index in [4.69, 9.17) is 23.9 Å².